The molecule has 0 saturated heterocycles. The second kappa shape index (κ2) is 6.23. The first-order valence-corrected chi connectivity index (χ1v) is 6.04. The molecule has 0 heterocycles. The summed E-state index contributed by atoms with van der Waals surface area (Å²) in [5.41, 5.74) is 0. The van der Waals surface area contributed by atoms with Gasteiger partial charge in [0.05, 0.1) is 0 Å². The first-order chi connectivity index (χ1) is 8.43. The second-order valence-electron chi connectivity index (χ2n) is 4.42. The molecule has 4 N–H and O–H groups in total. The minimum Gasteiger partial charge on any atom is -0.480 e. The van der Waals surface area contributed by atoms with Crippen LogP contribution in [-0.2, 0) is 9.59 Å². The number of aliphatic carboxylic acids is 1. The van der Waals surface area contributed by atoms with E-state index in [1.165, 1.54) is 0 Å². The van der Waals surface area contributed by atoms with Crippen LogP contribution in [0.5, 0.6) is 0 Å². The number of nitrogens with one attached hydrogen (secondary N) is 3. The lowest BCUT2D eigenvalue weighted by Gasteiger charge is -2.17. The van der Waals surface area contributed by atoms with Crippen LogP contribution in [0.1, 0.15) is 33.1 Å². The third-order valence-corrected chi connectivity index (χ3v) is 2.68. The molecule has 7 nitrogen and oxygen atoms in total. The quantitative estimate of drug-likeness (QED) is 0.529. The predicted molar refractivity (Wildman–Crippen MR) is 64.0 cm³/mol. The molecule has 18 heavy (non-hydrogen) atoms. The molecular formula is C11H19N3O4. The maximum atomic E-state index is 11.5. The lowest BCUT2D eigenvalue weighted by molar-refractivity contribution is -0.139. The Hall–Kier alpha value is -1.79. The molecule has 102 valence electrons. The minimum atomic E-state index is -1.09. The van der Waals surface area contributed by atoms with Crippen LogP contribution >= 0.6 is 0 Å². The Morgan fingerprint density at radius 2 is 1.89 bits per heavy atom. The van der Waals surface area contributed by atoms with E-state index < -0.39 is 24.1 Å². The van der Waals surface area contributed by atoms with Gasteiger partial charge in [0.2, 0.25) is 5.91 Å². The van der Waals surface area contributed by atoms with Crippen LogP contribution in [0, 0.1) is 0 Å². The zero-order chi connectivity index (χ0) is 13.7. The van der Waals surface area contributed by atoms with E-state index in [9.17, 15) is 14.4 Å². The van der Waals surface area contributed by atoms with E-state index in [4.69, 9.17) is 5.11 Å². The first kappa shape index (κ1) is 14.3. The Labute approximate surface area is 105 Å². The molecule has 7 heteroatoms. The first-order valence-electron chi connectivity index (χ1n) is 6.04. The highest BCUT2D eigenvalue weighted by Crippen LogP contribution is 2.18. The average Bonchev–Trinajstić information content (AvgIpc) is 3.09. The number of carbonyl (C=O) groups is 3. The molecule has 0 aliphatic heterocycles. The van der Waals surface area contributed by atoms with Gasteiger partial charge in [-0.3, -0.25) is 4.79 Å². The lowest BCUT2D eigenvalue weighted by atomic mass is 10.2. The summed E-state index contributed by atoms with van der Waals surface area (Å²) in [7, 11) is 0. The Kier molecular flexibility index (Phi) is 4.94. The minimum absolute atomic E-state index is 0.229. The SMILES string of the molecule is CC[C@@H](NC(=O)NC(C)C(=O)NC1CC1)C(=O)O. The van der Waals surface area contributed by atoms with Crippen molar-refractivity contribution < 1.29 is 19.5 Å². The Morgan fingerprint density at radius 3 is 2.33 bits per heavy atom. The predicted octanol–water partition coefficient (Wildman–Crippen LogP) is -0.184. The normalized spacial score (nSPS) is 17.4. The van der Waals surface area contributed by atoms with Crippen LogP contribution < -0.4 is 16.0 Å². The van der Waals surface area contributed by atoms with E-state index in [2.05, 4.69) is 16.0 Å². The Morgan fingerprint density at radius 1 is 1.28 bits per heavy atom. The van der Waals surface area contributed by atoms with E-state index in [0.29, 0.717) is 0 Å². The van der Waals surface area contributed by atoms with Gasteiger partial charge in [0.25, 0.3) is 0 Å². The molecule has 1 unspecified atom stereocenters. The van der Waals surface area contributed by atoms with Gasteiger partial charge in [0.15, 0.2) is 0 Å². The van der Waals surface area contributed by atoms with Crippen molar-refractivity contribution in [2.24, 2.45) is 0 Å². The van der Waals surface area contributed by atoms with Gasteiger partial charge >= 0.3 is 12.0 Å². The van der Waals surface area contributed by atoms with Crippen molar-refractivity contribution in [3.05, 3.63) is 0 Å². The van der Waals surface area contributed by atoms with E-state index >= 15 is 0 Å². The largest absolute Gasteiger partial charge is 0.480 e. The molecule has 1 rings (SSSR count). The summed E-state index contributed by atoms with van der Waals surface area (Å²) >= 11 is 0. The van der Waals surface area contributed by atoms with Crippen molar-refractivity contribution in [3.8, 4) is 0 Å². The maximum absolute atomic E-state index is 11.5. The van der Waals surface area contributed by atoms with Crippen molar-refractivity contribution in [3.63, 3.8) is 0 Å². The van der Waals surface area contributed by atoms with Crippen molar-refractivity contribution >= 4 is 17.9 Å². The zero-order valence-corrected chi connectivity index (χ0v) is 10.5. The molecular weight excluding hydrogens is 238 g/mol. The van der Waals surface area contributed by atoms with Crippen LogP contribution in [0.2, 0.25) is 0 Å². The molecule has 0 aromatic rings. The van der Waals surface area contributed by atoms with Gasteiger partial charge in [-0.2, -0.15) is 0 Å². The Bertz CT molecular complexity index is 341. The fraction of sp³-hybridized carbons (Fsp3) is 0.727. The fourth-order valence-corrected chi connectivity index (χ4v) is 1.35. The lowest BCUT2D eigenvalue weighted by Crippen LogP contribution is -2.52. The molecule has 1 aliphatic rings. The molecule has 0 spiro atoms. The Balaban J connectivity index is 2.33. The van der Waals surface area contributed by atoms with Crippen molar-refractivity contribution in [2.75, 3.05) is 0 Å². The standard InChI is InChI=1S/C11H19N3O4/c1-3-8(10(16)17)14-11(18)12-6(2)9(15)13-7-4-5-7/h6-8H,3-5H2,1-2H3,(H,13,15)(H,16,17)(H2,12,14,18)/t6?,8-/m1/s1. The number of urea groups is 1. The molecule has 2 atom stereocenters. The summed E-state index contributed by atoms with van der Waals surface area (Å²) < 4.78 is 0. The summed E-state index contributed by atoms with van der Waals surface area (Å²) in [5, 5.41) is 16.2. The highest BCUT2D eigenvalue weighted by Gasteiger charge is 2.26. The van der Waals surface area contributed by atoms with Crippen LogP contribution in [0.15, 0.2) is 0 Å². The van der Waals surface area contributed by atoms with E-state index in [-0.39, 0.29) is 18.4 Å². The van der Waals surface area contributed by atoms with Gasteiger partial charge in [-0.25, -0.2) is 9.59 Å². The highest BCUT2D eigenvalue weighted by atomic mass is 16.4. The molecule has 3 amide bonds. The van der Waals surface area contributed by atoms with Crippen molar-refractivity contribution in [2.45, 2.75) is 51.2 Å². The molecule has 0 bridgehead atoms. The molecule has 1 saturated carbocycles. The van der Waals surface area contributed by atoms with Crippen LogP contribution in [0.4, 0.5) is 4.79 Å². The number of carboxylic acid groups (broad SMARTS) is 1. The summed E-state index contributed by atoms with van der Waals surface area (Å²) in [5.74, 6) is -1.35. The van der Waals surface area contributed by atoms with Crippen LogP contribution in [-0.4, -0.2) is 41.1 Å². The number of carbonyl (C=O) groups excluding carboxylic acids is 2. The summed E-state index contributed by atoms with van der Waals surface area (Å²) in [4.78, 5) is 33.7. The van der Waals surface area contributed by atoms with Gasteiger partial charge in [-0.1, -0.05) is 6.92 Å². The molecule has 0 aromatic carbocycles. The van der Waals surface area contributed by atoms with Crippen molar-refractivity contribution in [1.82, 2.24) is 16.0 Å². The molecule has 1 fully saturated rings. The van der Waals surface area contributed by atoms with Crippen LogP contribution in [0.3, 0.4) is 0 Å². The maximum Gasteiger partial charge on any atom is 0.326 e. The van der Waals surface area contributed by atoms with Gasteiger partial charge in [-0.15, -0.1) is 0 Å². The number of hydrogen-bond donors (Lipinski definition) is 4. The number of amides is 3. The van der Waals surface area contributed by atoms with Crippen LogP contribution in [0.25, 0.3) is 0 Å². The summed E-state index contributed by atoms with van der Waals surface area (Å²) in [6, 6.07) is -2.05. The van der Waals surface area contributed by atoms with E-state index in [1.54, 1.807) is 13.8 Å². The summed E-state index contributed by atoms with van der Waals surface area (Å²) in [6.07, 6.45) is 2.23. The fourth-order valence-electron chi connectivity index (χ4n) is 1.35. The monoisotopic (exact) mass is 257 g/mol. The molecule has 0 radical (unpaired) electrons. The van der Waals surface area contributed by atoms with E-state index in [1.807, 2.05) is 0 Å². The third-order valence-electron chi connectivity index (χ3n) is 2.68. The summed E-state index contributed by atoms with van der Waals surface area (Å²) in [6.45, 7) is 3.21. The number of hydrogen-bond acceptors (Lipinski definition) is 3. The smallest absolute Gasteiger partial charge is 0.326 e. The van der Waals surface area contributed by atoms with Gasteiger partial charge < -0.3 is 21.1 Å². The molecule has 0 aromatic heterocycles. The second-order valence-corrected chi connectivity index (χ2v) is 4.42. The van der Waals surface area contributed by atoms with E-state index in [0.717, 1.165) is 12.8 Å². The zero-order valence-electron chi connectivity index (χ0n) is 10.5. The van der Waals surface area contributed by atoms with Gasteiger partial charge in [-0.05, 0) is 26.2 Å². The number of rotatable bonds is 6. The molecule has 1 aliphatic carbocycles. The topological polar surface area (TPSA) is 108 Å². The highest BCUT2D eigenvalue weighted by molar-refractivity contribution is 5.88. The number of carboxylic acids is 1. The third kappa shape index (κ3) is 4.60. The van der Waals surface area contributed by atoms with Gasteiger partial charge in [0.1, 0.15) is 12.1 Å². The average molecular weight is 257 g/mol. The van der Waals surface area contributed by atoms with Crippen molar-refractivity contribution in [1.29, 1.82) is 0 Å². The van der Waals surface area contributed by atoms with Gasteiger partial charge in [0, 0.05) is 6.04 Å².